The molecule has 20 heavy (non-hydrogen) atoms. The first kappa shape index (κ1) is 12.7. The van der Waals surface area contributed by atoms with E-state index in [2.05, 4.69) is 0 Å². The number of rotatable bonds is 2. The number of benzene rings is 2. The maximum absolute atomic E-state index is 12.2. The zero-order valence-corrected chi connectivity index (χ0v) is 11.7. The van der Waals surface area contributed by atoms with Crippen molar-refractivity contribution in [1.29, 1.82) is 0 Å². The minimum absolute atomic E-state index is 0.290. The molecule has 2 aromatic carbocycles. The van der Waals surface area contributed by atoms with Gasteiger partial charge in [0.05, 0.1) is 6.54 Å². The minimum Gasteiger partial charge on any atom is -0.436 e. The first-order valence-corrected chi connectivity index (χ1v) is 6.71. The number of cyclic esters (lactones) is 1. The molecular formula is C17H17NO2. The van der Waals surface area contributed by atoms with Gasteiger partial charge in [-0.15, -0.1) is 0 Å². The van der Waals surface area contributed by atoms with Gasteiger partial charge in [-0.2, -0.15) is 0 Å². The summed E-state index contributed by atoms with van der Waals surface area (Å²) in [6.45, 7) is 4.50. The van der Waals surface area contributed by atoms with Crippen molar-refractivity contribution < 1.29 is 9.53 Å². The molecule has 1 unspecified atom stereocenters. The summed E-state index contributed by atoms with van der Waals surface area (Å²) >= 11 is 0. The molecule has 3 nitrogen and oxygen atoms in total. The van der Waals surface area contributed by atoms with Crippen molar-refractivity contribution in [3.8, 4) is 0 Å². The van der Waals surface area contributed by atoms with Gasteiger partial charge in [-0.25, -0.2) is 4.79 Å². The van der Waals surface area contributed by atoms with Gasteiger partial charge in [0, 0.05) is 5.69 Å². The fraction of sp³-hybridized carbons (Fsp3) is 0.235. The Labute approximate surface area is 118 Å². The Bertz CT molecular complexity index is 638. The fourth-order valence-corrected chi connectivity index (χ4v) is 2.58. The maximum Gasteiger partial charge on any atom is 0.415 e. The normalized spacial score (nSPS) is 21.9. The second-order valence-electron chi connectivity index (χ2n) is 5.39. The third-order valence-electron chi connectivity index (χ3n) is 3.69. The van der Waals surface area contributed by atoms with E-state index in [9.17, 15) is 4.79 Å². The number of amides is 1. The van der Waals surface area contributed by atoms with Crippen LogP contribution in [0.3, 0.4) is 0 Å². The van der Waals surface area contributed by atoms with Crippen LogP contribution in [0.4, 0.5) is 10.5 Å². The fourth-order valence-electron chi connectivity index (χ4n) is 2.58. The predicted octanol–water partition coefficient (Wildman–Crippen LogP) is 3.87. The summed E-state index contributed by atoms with van der Waals surface area (Å²) in [5.74, 6) is 0. The lowest BCUT2D eigenvalue weighted by Crippen LogP contribution is -2.29. The Morgan fingerprint density at radius 3 is 2.55 bits per heavy atom. The Morgan fingerprint density at radius 2 is 1.85 bits per heavy atom. The van der Waals surface area contributed by atoms with E-state index in [0.29, 0.717) is 6.54 Å². The molecule has 0 aromatic heterocycles. The lowest BCUT2D eigenvalue weighted by atomic mass is 9.96. The molecule has 0 radical (unpaired) electrons. The quantitative estimate of drug-likeness (QED) is 0.826. The highest BCUT2D eigenvalue weighted by Gasteiger charge is 2.43. The Balaban J connectivity index is 1.93. The molecule has 3 rings (SSSR count). The number of hydrogen-bond acceptors (Lipinski definition) is 2. The van der Waals surface area contributed by atoms with Gasteiger partial charge in [-0.1, -0.05) is 42.5 Å². The topological polar surface area (TPSA) is 29.5 Å². The molecule has 102 valence electrons. The molecular weight excluding hydrogens is 250 g/mol. The molecule has 1 saturated heterocycles. The standard InChI is InChI=1S/C17H17NO2/c1-13-7-6-10-15(11-13)18-12-17(2,20-16(18)19)14-8-4-3-5-9-14/h3-11H,12H2,1-2H3. The molecule has 1 atom stereocenters. The van der Waals surface area contributed by atoms with Gasteiger partial charge in [0.1, 0.15) is 0 Å². The Kier molecular flexibility index (Phi) is 2.97. The summed E-state index contributed by atoms with van der Waals surface area (Å²) in [4.78, 5) is 13.9. The van der Waals surface area contributed by atoms with Crippen molar-refractivity contribution in [2.24, 2.45) is 0 Å². The van der Waals surface area contributed by atoms with Crippen LogP contribution >= 0.6 is 0 Å². The summed E-state index contributed by atoms with van der Waals surface area (Å²) in [7, 11) is 0. The predicted molar refractivity (Wildman–Crippen MR) is 78.8 cm³/mol. The molecule has 0 bridgehead atoms. The van der Waals surface area contributed by atoms with Crippen molar-refractivity contribution in [1.82, 2.24) is 0 Å². The first-order chi connectivity index (χ1) is 9.58. The average Bonchev–Trinajstić information content (AvgIpc) is 2.77. The second kappa shape index (κ2) is 4.67. The summed E-state index contributed by atoms with van der Waals surface area (Å²) in [6.07, 6.45) is -0.290. The Hall–Kier alpha value is -2.29. The monoisotopic (exact) mass is 267 g/mol. The van der Waals surface area contributed by atoms with Crippen LogP contribution in [0.15, 0.2) is 54.6 Å². The summed E-state index contributed by atoms with van der Waals surface area (Å²) < 4.78 is 5.63. The van der Waals surface area contributed by atoms with Crippen LogP contribution in [0, 0.1) is 6.92 Å². The molecule has 0 saturated carbocycles. The maximum atomic E-state index is 12.2. The number of carbonyl (C=O) groups is 1. The van der Waals surface area contributed by atoms with Gasteiger partial charge < -0.3 is 4.74 Å². The number of nitrogens with zero attached hydrogens (tertiary/aromatic N) is 1. The minimum atomic E-state index is -0.595. The van der Waals surface area contributed by atoms with Gasteiger partial charge in [0.25, 0.3) is 0 Å². The molecule has 3 heteroatoms. The summed E-state index contributed by atoms with van der Waals surface area (Å²) in [5.41, 5.74) is 2.43. The van der Waals surface area contributed by atoms with E-state index in [1.807, 2.05) is 68.4 Å². The lowest BCUT2D eigenvalue weighted by Gasteiger charge is -2.22. The molecule has 0 spiro atoms. The highest BCUT2D eigenvalue weighted by molar-refractivity contribution is 5.90. The number of hydrogen-bond donors (Lipinski definition) is 0. The van der Waals surface area contributed by atoms with Gasteiger partial charge >= 0.3 is 6.09 Å². The molecule has 2 aromatic rings. The number of anilines is 1. The van der Waals surface area contributed by atoms with Crippen LogP contribution in [0.2, 0.25) is 0 Å². The third kappa shape index (κ3) is 2.16. The van der Waals surface area contributed by atoms with Crippen LogP contribution in [-0.4, -0.2) is 12.6 Å². The number of carbonyl (C=O) groups excluding carboxylic acids is 1. The SMILES string of the molecule is Cc1cccc(N2CC(C)(c3ccccc3)OC2=O)c1. The van der Waals surface area contributed by atoms with Gasteiger partial charge in [0.2, 0.25) is 0 Å². The zero-order chi connectivity index (χ0) is 14.2. The number of ether oxygens (including phenoxy) is 1. The van der Waals surface area contributed by atoms with E-state index in [1.165, 1.54) is 0 Å². The van der Waals surface area contributed by atoms with Crippen LogP contribution in [-0.2, 0) is 10.3 Å². The molecule has 1 amide bonds. The van der Waals surface area contributed by atoms with Crippen LogP contribution in [0.1, 0.15) is 18.1 Å². The van der Waals surface area contributed by atoms with Crippen LogP contribution in [0.25, 0.3) is 0 Å². The van der Waals surface area contributed by atoms with E-state index in [-0.39, 0.29) is 6.09 Å². The van der Waals surface area contributed by atoms with E-state index in [4.69, 9.17) is 4.74 Å². The van der Waals surface area contributed by atoms with E-state index < -0.39 is 5.60 Å². The largest absolute Gasteiger partial charge is 0.436 e. The van der Waals surface area contributed by atoms with Crippen LogP contribution in [0.5, 0.6) is 0 Å². The van der Waals surface area contributed by atoms with Gasteiger partial charge in [-0.05, 0) is 37.1 Å². The molecule has 1 aliphatic rings. The Morgan fingerprint density at radius 1 is 1.10 bits per heavy atom. The molecule has 1 aliphatic heterocycles. The smallest absolute Gasteiger partial charge is 0.415 e. The summed E-state index contributed by atoms with van der Waals surface area (Å²) in [5, 5.41) is 0. The summed E-state index contributed by atoms with van der Waals surface area (Å²) in [6, 6.07) is 17.8. The van der Waals surface area contributed by atoms with E-state index in [1.54, 1.807) is 4.90 Å². The average molecular weight is 267 g/mol. The molecule has 0 aliphatic carbocycles. The van der Waals surface area contributed by atoms with Crippen molar-refractivity contribution in [2.75, 3.05) is 11.4 Å². The highest BCUT2D eigenvalue weighted by atomic mass is 16.6. The molecule has 0 N–H and O–H groups in total. The lowest BCUT2D eigenvalue weighted by molar-refractivity contribution is 0.0705. The van der Waals surface area contributed by atoms with Crippen molar-refractivity contribution >= 4 is 11.8 Å². The zero-order valence-electron chi connectivity index (χ0n) is 11.7. The second-order valence-corrected chi connectivity index (χ2v) is 5.39. The van der Waals surface area contributed by atoms with Gasteiger partial charge in [-0.3, -0.25) is 4.90 Å². The third-order valence-corrected chi connectivity index (χ3v) is 3.69. The van der Waals surface area contributed by atoms with E-state index >= 15 is 0 Å². The van der Waals surface area contributed by atoms with Gasteiger partial charge in [0.15, 0.2) is 5.60 Å². The van der Waals surface area contributed by atoms with E-state index in [0.717, 1.165) is 16.8 Å². The molecule has 1 heterocycles. The van der Waals surface area contributed by atoms with Crippen molar-refractivity contribution in [3.63, 3.8) is 0 Å². The number of aryl methyl sites for hydroxylation is 1. The van der Waals surface area contributed by atoms with Crippen molar-refractivity contribution in [2.45, 2.75) is 19.4 Å². The first-order valence-electron chi connectivity index (χ1n) is 6.71. The van der Waals surface area contributed by atoms with Crippen LogP contribution < -0.4 is 4.90 Å². The molecule has 1 fully saturated rings. The van der Waals surface area contributed by atoms with Crippen molar-refractivity contribution in [3.05, 3.63) is 65.7 Å². The highest BCUT2D eigenvalue weighted by Crippen LogP contribution is 2.35.